The number of hydrogen-bond donors (Lipinski definition) is 3. The minimum atomic E-state index is -3.85. The van der Waals surface area contributed by atoms with Crippen molar-refractivity contribution < 1.29 is 42.1 Å². The first-order valence-corrected chi connectivity index (χ1v) is 15.6. The van der Waals surface area contributed by atoms with E-state index in [0.717, 1.165) is 25.9 Å². The first-order chi connectivity index (χ1) is 18.1. The minimum Gasteiger partial charge on any atom is -0.480 e. The lowest BCUT2D eigenvalue weighted by molar-refractivity contribution is -0.139. The Hall–Kier alpha value is -1.31. The van der Waals surface area contributed by atoms with Crippen LogP contribution in [-0.2, 0) is 38.6 Å². The highest BCUT2D eigenvalue weighted by molar-refractivity contribution is 7.89. The molecule has 0 heterocycles. The normalized spacial score (nSPS) is 13.4. The van der Waals surface area contributed by atoms with Crippen LogP contribution in [0.2, 0.25) is 0 Å². The van der Waals surface area contributed by atoms with Gasteiger partial charge in [0.2, 0.25) is 15.9 Å². The van der Waals surface area contributed by atoms with Crippen molar-refractivity contribution in [1.29, 1.82) is 0 Å². The molecule has 1 atom stereocenters. The summed E-state index contributed by atoms with van der Waals surface area (Å²) in [6, 6.07) is -1.18. The molecular weight excluding hydrogens is 528 g/mol. The molecule has 0 aromatic rings. The van der Waals surface area contributed by atoms with Gasteiger partial charge in [-0.15, -0.1) is 0 Å². The van der Waals surface area contributed by atoms with Crippen molar-refractivity contribution >= 4 is 21.9 Å². The lowest BCUT2D eigenvalue weighted by Gasteiger charge is -2.19. The molecular formula is C27H54N2O9S. The van der Waals surface area contributed by atoms with Crippen LogP contribution >= 0.6 is 0 Å². The van der Waals surface area contributed by atoms with Gasteiger partial charge >= 0.3 is 5.97 Å². The number of amides is 1. The molecule has 12 heteroatoms. The third kappa shape index (κ3) is 26.7. The fraction of sp³-hybridized carbons (Fsp3) is 0.926. The van der Waals surface area contributed by atoms with E-state index in [1.807, 2.05) is 0 Å². The molecule has 0 aromatic heterocycles. The number of nitrogens with one attached hydrogen (secondary N) is 2. The summed E-state index contributed by atoms with van der Waals surface area (Å²) in [6.07, 6.45) is 3.67. The predicted molar refractivity (Wildman–Crippen MR) is 151 cm³/mol. The van der Waals surface area contributed by atoms with Gasteiger partial charge in [0.15, 0.2) is 0 Å². The zero-order valence-electron chi connectivity index (χ0n) is 25.0. The molecule has 0 aliphatic rings. The first kappa shape index (κ1) is 37.7. The van der Waals surface area contributed by atoms with E-state index in [2.05, 4.69) is 51.6 Å². The number of carboxylic acid groups (broad SMARTS) is 1. The molecule has 0 aliphatic carbocycles. The summed E-state index contributed by atoms with van der Waals surface area (Å²) < 4.78 is 48.5. The van der Waals surface area contributed by atoms with Crippen molar-refractivity contribution in [1.82, 2.24) is 10.0 Å². The Morgan fingerprint density at radius 2 is 1.23 bits per heavy atom. The van der Waals surface area contributed by atoms with Gasteiger partial charge in [-0.2, -0.15) is 0 Å². The summed E-state index contributed by atoms with van der Waals surface area (Å²) in [4.78, 5) is 23.4. The number of ether oxygens (including phenoxy) is 4. The summed E-state index contributed by atoms with van der Waals surface area (Å²) >= 11 is 0. The van der Waals surface area contributed by atoms with Crippen LogP contribution in [0, 0.1) is 10.8 Å². The largest absolute Gasteiger partial charge is 0.480 e. The Kier molecular flexibility index (Phi) is 19.9. The van der Waals surface area contributed by atoms with E-state index in [1.165, 1.54) is 0 Å². The lowest BCUT2D eigenvalue weighted by atomic mass is 9.89. The number of carbonyl (C=O) groups is 2. The second-order valence-electron chi connectivity index (χ2n) is 12.0. The zero-order valence-corrected chi connectivity index (χ0v) is 25.8. The summed E-state index contributed by atoms with van der Waals surface area (Å²) in [7, 11) is -3.85. The van der Waals surface area contributed by atoms with Crippen LogP contribution < -0.4 is 10.0 Å². The number of carboxylic acids is 1. The quantitative estimate of drug-likeness (QED) is 0.146. The van der Waals surface area contributed by atoms with Crippen LogP contribution in [0.3, 0.4) is 0 Å². The standard InChI is InChI=1S/C27H54N2O9S/c1-26(2,3)11-8-7-9-23(25(31)32)29-39(33,34)22-13-28-24(30)10-14-35-16-18-37-20-21-38-19-17-36-15-12-27(4,5)6/h23,29H,7-22H2,1-6H3,(H,28,30)(H,31,32)/t23-/m0/s1. The molecule has 0 fully saturated rings. The Labute approximate surface area is 236 Å². The summed E-state index contributed by atoms with van der Waals surface area (Å²) in [6.45, 7) is 16.3. The van der Waals surface area contributed by atoms with Crippen molar-refractivity contribution in [2.75, 3.05) is 65.2 Å². The van der Waals surface area contributed by atoms with Crippen LogP contribution in [0.1, 0.15) is 80.1 Å². The van der Waals surface area contributed by atoms with Gasteiger partial charge in [-0.3, -0.25) is 9.59 Å². The third-order valence-electron chi connectivity index (χ3n) is 5.57. The fourth-order valence-corrected chi connectivity index (χ4v) is 4.37. The summed E-state index contributed by atoms with van der Waals surface area (Å²) in [5.74, 6) is -1.95. The molecule has 232 valence electrons. The summed E-state index contributed by atoms with van der Waals surface area (Å²) in [5, 5.41) is 11.9. The zero-order chi connectivity index (χ0) is 29.8. The van der Waals surface area contributed by atoms with E-state index in [4.69, 9.17) is 18.9 Å². The maximum atomic E-state index is 12.3. The molecule has 0 bridgehead atoms. The van der Waals surface area contributed by atoms with Crippen LogP contribution in [0.15, 0.2) is 0 Å². The number of unbranched alkanes of at least 4 members (excludes halogenated alkanes) is 1. The second kappa shape index (κ2) is 20.5. The first-order valence-electron chi connectivity index (χ1n) is 13.9. The number of carbonyl (C=O) groups excluding carboxylic acids is 1. The Balaban J connectivity index is 3.78. The maximum Gasteiger partial charge on any atom is 0.321 e. The molecule has 3 N–H and O–H groups in total. The van der Waals surface area contributed by atoms with Gasteiger partial charge in [0.05, 0.1) is 52.0 Å². The molecule has 0 aromatic carbocycles. The van der Waals surface area contributed by atoms with Crippen LogP contribution in [0.5, 0.6) is 0 Å². The van der Waals surface area contributed by atoms with E-state index >= 15 is 0 Å². The van der Waals surface area contributed by atoms with Crippen molar-refractivity contribution in [3.63, 3.8) is 0 Å². The average molecular weight is 583 g/mol. The van der Waals surface area contributed by atoms with Crippen molar-refractivity contribution in [2.24, 2.45) is 10.8 Å². The Morgan fingerprint density at radius 3 is 1.72 bits per heavy atom. The number of aliphatic carboxylic acids is 1. The minimum absolute atomic E-state index is 0.0807. The van der Waals surface area contributed by atoms with Gasteiger partial charge in [0.1, 0.15) is 6.04 Å². The van der Waals surface area contributed by atoms with Gasteiger partial charge in [-0.25, -0.2) is 13.1 Å². The van der Waals surface area contributed by atoms with E-state index in [1.54, 1.807) is 0 Å². The smallest absolute Gasteiger partial charge is 0.321 e. The molecule has 0 saturated carbocycles. The highest BCUT2D eigenvalue weighted by Crippen LogP contribution is 2.22. The van der Waals surface area contributed by atoms with Gasteiger partial charge in [-0.1, -0.05) is 54.4 Å². The Morgan fingerprint density at radius 1 is 0.744 bits per heavy atom. The molecule has 0 spiro atoms. The van der Waals surface area contributed by atoms with Crippen molar-refractivity contribution in [2.45, 2.75) is 86.1 Å². The second-order valence-corrected chi connectivity index (χ2v) is 13.9. The molecule has 0 rings (SSSR count). The van der Waals surface area contributed by atoms with Crippen LogP contribution in [0.4, 0.5) is 0 Å². The maximum absolute atomic E-state index is 12.3. The number of sulfonamides is 1. The molecule has 11 nitrogen and oxygen atoms in total. The number of hydrogen-bond acceptors (Lipinski definition) is 8. The molecule has 0 radical (unpaired) electrons. The monoisotopic (exact) mass is 582 g/mol. The molecule has 39 heavy (non-hydrogen) atoms. The van der Waals surface area contributed by atoms with Gasteiger partial charge in [-0.05, 0) is 30.1 Å². The Bertz CT molecular complexity index is 762. The van der Waals surface area contributed by atoms with Crippen LogP contribution in [0.25, 0.3) is 0 Å². The van der Waals surface area contributed by atoms with Crippen LogP contribution in [-0.4, -0.2) is 96.6 Å². The van der Waals surface area contributed by atoms with E-state index in [9.17, 15) is 23.1 Å². The van der Waals surface area contributed by atoms with Gasteiger partial charge in [0, 0.05) is 19.6 Å². The topological polar surface area (TPSA) is 149 Å². The molecule has 0 aliphatic heterocycles. The average Bonchev–Trinajstić information content (AvgIpc) is 2.79. The van der Waals surface area contributed by atoms with E-state index in [-0.39, 0.29) is 42.7 Å². The molecule has 1 amide bonds. The molecule has 0 saturated heterocycles. The van der Waals surface area contributed by atoms with Gasteiger partial charge in [0.25, 0.3) is 0 Å². The van der Waals surface area contributed by atoms with E-state index < -0.39 is 27.8 Å². The highest BCUT2D eigenvalue weighted by Gasteiger charge is 2.24. The number of rotatable bonds is 24. The van der Waals surface area contributed by atoms with Crippen molar-refractivity contribution in [3.8, 4) is 0 Å². The van der Waals surface area contributed by atoms with Gasteiger partial charge < -0.3 is 29.4 Å². The SMILES string of the molecule is CC(C)(C)CCCC[C@H](NS(=O)(=O)CCNC(=O)CCOCCOCCOCCOCCC(C)(C)C)C(=O)O. The highest BCUT2D eigenvalue weighted by atomic mass is 32.2. The lowest BCUT2D eigenvalue weighted by Crippen LogP contribution is -2.43. The fourth-order valence-electron chi connectivity index (χ4n) is 3.23. The van der Waals surface area contributed by atoms with E-state index in [0.29, 0.717) is 46.1 Å². The van der Waals surface area contributed by atoms with Crippen molar-refractivity contribution in [3.05, 3.63) is 0 Å². The predicted octanol–water partition coefficient (Wildman–Crippen LogP) is 2.97. The third-order valence-corrected chi connectivity index (χ3v) is 6.95. The summed E-state index contributed by atoms with van der Waals surface area (Å²) in [5.41, 5.74) is 0.411. The molecule has 0 unspecified atom stereocenters.